The number of hydrogen-bond acceptors (Lipinski definition) is 5. The maximum atomic E-state index is 12.7. The highest BCUT2D eigenvalue weighted by Crippen LogP contribution is 2.29. The van der Waals surface area contributed by atoms with E-state index in [1.54, 1.807) is 24.4 Å². The van der Waals surface area contributed by atoms with Crippen molar-refractivity contribution in [1.29, 1.82) is 0 Å². The third-order valence-electron chi connectivity index (χ3n) is 3.98. The van der Waals surface area contributed by atoms with E-state index >= 15 is 0 Å². The lowest BCUT2D eigenvalue weighted by Crippen LogP contribution is -2.41. The number of aromatic nitrogens is 1. The van der Waals surface area contributed by atoms with Gasteiger partial charge in [-0.05, 0) is 43.5 Å². The average molecular weight is 387 g/mol. The van der Waals surface area contributed by atoms with Crippen LogP contribution in [0, 0.1) is 0 Å². The zero-order chi connectivity index (χ0) is 17.2. The molecule has 0 bridgehead atoms. The molecular formula is C16H19ClN2O3S2. The van der Waals surface area contributed by atoms with Gasteiger partial charge in [0.05, 0.1) is 0 Å². The second kappa shape index (κ2) is 7.39. The first-order valence-corrected chi connectivity index (χ1v) is 10.5. The van der Waals surface area contributed by atoms with Crippen molar-refractivity contribution in [3.63, 3.8) is 0 Å². The number of aryl methyl sites for hydroxylation is 1. The van der Waals surface area contributed by atoms with Crippen LogP contribution in [0.4, 0.5) is 0 Å². The summed E-state index contributed by atoms with van der Waals surface area (Å²) in [5.41, 5.74) is 0. The number of piperidine rings is 1. The molecule has 0 spiro atoms. The molecule has 1 aliphatic rings. The summed E-state index contributed by atoms with van der Waals surface area (Å²) in [7, 11) is -3.40. The summed E-state index contributed by atoms with van der Waals surface area (Å²) in [5, 5.41) is 0.471. The SMILES string of the molecule is CCc1ccc(S(=O)(=O)N2CCC(Oc3ncccc3Cl)CC2)s1. The van der Waals surface area contributed by atoms with Crippen LogP contribution in [0.25, 0.3) is 0 Å². The Hall–Kier alpha value is -1.15. The molecule has 8 heteroatoms. The molecule has 1 fully saturated rings. The van der Waals surface area contributed by atoms with Gasteiger partial charge < -0.3 is 4.74 Å². The third-order valence-corrected chi connectivity index (χ3v) is 7.87. The monoisotopic (exact) mass is 386 g/mol. The molecule has 0 atom stereocenters. The molecule has 0 aromatic carbocycles. The van der Waals surface area contributed by atoms with Crippen LogP contribution >= 0.6 is 22.9 Å². The van der Waals surface area contributed by atoms with Crippen molar-refractivity contribution in [3.05, 3.63) is 40.4 Å². The van der Waals surface area contributed by atoms with Gasteiger partial charge in [0.25, 0.3) is 10.0 Å². The number of nitrogens with zero attached hydrogens (tertiary/aromatic N) is 2. The lowest BCUT2D eigenvalue weighted by molar-refractivity contribution is 0.130. The summed E-state index contributed by atoms with van der Waals surface area (Å²) in [4.78, 5) is 5.20. The number of sulfonamides is 1. The zero-order valence-electron chi connectivity index (χ0n) is 13.3. The Morgan fingerprint density at radius 3 is 2.71 bits per heavy atom. The lowest BCUT2D eigenvalue weighted by Gasteiger charge is -2.30. The quantitative estimate of drug-likeness (QED) is 0.787. The summed E-state index contributed by atoms with van der Waals surface area (Å²) < 4.78 is 33.2. The van der Waals surface area contributed by atoms with E-state index in [4.69, 9.17) is 16.3 Å². The van der Waals surface area contributed by atoms with Crippen LogP contribution in [0.1, 0.15) is 24.6 Å². The standard InChI is InChI=1S/C16H19ClN2O3S2/c1-2-13-5-6-15(23-13)24(20,21)19-10-7-12(8-11-19)22-16-14(17)4-3-9-18-16/h3-6,9,12H,2,7-8,10-11H2,1H3. The minimum Gasteiger partial charge on any atom is -0.473 e. The molecule has 0 aliphatic carbocycles. The Morgan fingerprint density at radius 2 is 2.08 bits per heavy atom. The molecule has 2 aromatic rings. The van der Waals surface area contributed by atoms with Gasteiger partial charge in [0, 0.05) is 24.2 Å². The Kier molecular flexibility index (Phi) is 5.44. The van der Waals surface area contributed by atoms with E-state index in [9.17, 15) is 8.42 Å². The van der Waals surface area contributed by atoms with Crippen LogP contribution in [0.5, 0.6) is 5.88 Å². The predicted molar refractivity (Wildman–Crippen MR) is 95.4 cm³/mol. The fraction of sp³-hybridized carbons (Fsp3) is 0.438. The molecule has 1 saturated heterocycles. The van der Waals surface area contributed by atoms with E-state index in [2.05, 4.69) is 4.98 Å². The van der Waals surface area contributed by atoms with Crippen molar-refractivity contribution < 1.29 is 13.2 Å². The Balaban J connectivity index is 1.63. The Morgan fingerprint density at radius 1 is 1.33 bits per heavy atom. The third kappa shape index (κ3) is 3.74. The van der Waals surface area contributed by atoms with Gasteiger partial charge in [-0.15, -0.1) is 11.3 Å². The van der Waals surface area contributed by atoms with Crippen molar-refractivity contribution in [2.45, 2.75) is 36.5 Å². The zero-order valence-corrected chi connectivity index (χ0v) is 15.7. The molecule has 0 saturated carbocycles. The van der Waals surface area contributed by atoms with E-state index in [0.717, 1.165) is 11.3 Å². The van der Waals surface area contributed by atoms with E-state index in [1.165, 1.54) is 15.6 Å². The van der Waals surface area contributed by atoms with Gasteiger partial charge in [0.2, 0.25) is 5.88 Å². The Bertz CT molecular complexity index is 799. The van der Waals surface area contributed by atoms with E-state index < -0.39 is 10.0 Å². The molecular weight excluding hydrogens is 368 g/mol. The number of halogens is 1. The number of hydrogen-bond donors (Lipinski definition) is 0. The largest absolute Gasteiger partial charge is 0.473 e. The minimum absolute atomic E-state index is 0.0709. The van der Waals surface area contributed by atoms with Gasteiger partial charge >= 0.3 is 0 Å². The van der Waals surface area contributed by atoms with Gasteiger partial charge in [0.15, 0.2) is 0 Å². The average Bonchev–Trinajstić information content (AvgIpc) is 3.07. The molecule has 1 aliphatic heterocycles. The van der Waals surface area contributed by atoms with Crippen LogP contribution in [0.15, 0.2) is 34.7 Å². The summed E-state index contributed by atoms with van der Waals surface area (Å²) in [6.45, 7) is 2.90. The molecule has 24 heavy (non-hydrogen) atoms. The molecule has 0 unspecified atom stereocenters. The van der Waals surface area contributed by atoms with Crippen molar-refractivity contribution in [1.82, 2.24) is 9.29 Å². The second-order valence-corrected chi connectivity index (χ2v) is 9.33. The van der Waals surface area contributed by atoms with E-state index in [-0.39, 0.29) is 6.10 Å². The molecule has 3 heterocycles. The van der Waals surface area contributed by atoms with Crippen LogP contribution in [0.3, 0.4) is 0 Å². The topological polar surface area (TPSA) is 59.5 Å². The highest BCUT2D eigenvalue weighted by Gasteiger charge is 2.31. The summed E-state index contributed by atoms with van der Waals surface area (Å²) in [5.74, 6) is 0.409. The summed E-state index contributed by atoms with van der Waals surface area (Å²) in [6.07, 6.45) is 3.65. The van der Waals surface area contributed by atoms with Crippen molar-refractivity contribution >= 4 is 33.0 Å². The van der Waals surface area contributed by atoms with Gasteiger partial charge in [-0.2, -0.15) is 4.31 Å². The van der Waals surface area contributed by atoms with Crippen LogP contribution in [-0.4, -0.2) is 36.9 Å². The lowest BCUT2D eigenvalue weighted by atomic mass is 10.1. The minimum atomic E-state index is -3.40. The maximum Gasteiger partial charge on any atom is 0.252 e. The van der Waals surface area contributed by atoms with Crippen LogP contribution in [-0.2, 0) is 16.4 Å². The summed E-state index contributed by atoms with van der Waals surface area (Å²) in [6, 6.07) is 7.06. The van der Waals surface area contributed by atoms with Gasteiger partial charge in [-0.3, -0.25) is 0 Å². The van der Waals surface area contributed by atoms with Crippen LogP contribution < -0.4 is 4.74 Å². The maximum absolute atomic E-state index is 12.7. The second-order valence-electron chi connectivity index (χ2n) is 5.59. The number of pyridine rings is 1. The number of rotatable bonds is 5. The van der Waals surface area contributed by atoms with Gasteiger partial charge in [0.1, 0.15) is 15.3 Å². The fourth-order valence-corrected chi connectivity index (χ4v) is 5.71. The molecule has 5 nitrogen and oxygen atoms in total. The normalized spacial score (nSPS) is 17.1. The molecule has 3 rings (SSSR count). The van der Waals surface area contributed by atoms with Crippen molar-refractivity contribution in [2.24, 2.45) is 0 Å². The first kappa shape index (κ1) is 17.7. The first-order chi connectivity index (χ1) is 11.5. The van der Waals surface area contributed by atoms with E-state index in [0.29, 0.717) is 41.0 Å². The van der Waals surface area contributed by atoms with E-state index in [1.807, 2.05) is 13.0 Å². The van der Waals surface area contributed by atoms with Crippen molar-refractivity contribution in [3.8, 4) is 5.88 Å². The molecule has 0 N–H and O–H groups in total. The fourth-order valence-electron chi connectivity index (χ4n) is 2.62. The number of thiophene rings is 1. The van der Waals surface area contributed by atoms with Gasteiger partial charge in [-0.25, -0.2) is 13.4 Å². The molecule has 2 aromatic heterocycles. The van der Waals surface area contributed by atoms with Crippen LogP contribution in [0.2, 0.25) is 5.02 Å². The summed E-state index contributed by atoms with van der Waals surface area (Å²) >= 11 is 7.40. The van der Waals surface area contributed by atoms with Crippen molar-refractivity contribution in [2.75, 3.05) is 13.1 Å². The number of ether oxygens (including phenoxy) is 1. The highest BCUT2D eigenvalue weighted by molar-refractivity contribution is 7.91. The van der Waals surface area contributed by atoms with Gasteiger partial charge in [-0.1, -0.05) is 18.5 Å². The molecule has 130 valence electrons. The highest BCUT2D eigenvalue weighted by atomic mass is 35.5. The first-order valence-electron chi connectivity index (χ1n) is 7.86. The molecule has 0 amide bonds. The predicted octanol–water partition coefficient (Wildman–Crippen LogP) is 3.59. The smallest absolute Gasteiger partial charge is 0.252 e. The Labute approximate surface area is 151 Å². The molecule has 0 radical (unpaired) electrons.